The van der Waals surface area contributed by atoms with E-state index in [-0.39, 0.29) is 23.5 Å². The van der Waals surface area contributed by atoms with Gasteiger partial charge in [-0.2, -0.15) is 0 Å². The molecule has 1 aromatic heterocycles. The van der Waals surface area contributed by atoms with Crippen LogP contribution in [-0.2, 0) is 16.3 Å². The zero-order valence-electron chi connectivity index (χ0n) is 9.60. The van der Waals surface area contributed by atoms with E-state index in [1.807, 2.05) is 18.4 Å². The van der Waals surface area contributed by atoms with Gasteiger partial charge in [0.15, 0.2) is 9.84 Å². The first-order valence-corrected chi connectivity index (χ1v) is 8.29. The number of carbonyl (C=O) groups is 1. The quantitative estimate of drug-likeness (QED) is 0.901. The Hall–Kier alpha value is -0.880. The van der Waals surface area contributed by atoms with Crippen LogP contribution in [0.1, 0.15) is 28.6 Å². The Morgan fingerprint density at radius 2 is 2.35 bits per heavy atom. The van der Waals surface area contributed by atoms with E-state index >= 15 is 0 Å². The van der Waals surface area contributed by atoms with Gasteiger partial charge in [-0.1, -0.05) is 6.92 Å². The largest absolute Gasteiger partial charge is 0.348 e. The highest BCUT2D eigenvalue weighted by molar-refractivity contribution is 7.91. The molecular formula is C11H15NO3S2. The molecule has 1 aliphatic heterocycles. The van der Waals surface area contributed by atoms with Crippen molar-refractivity contribution in [3.63, 3.8) is 0 Å². The topological polar surface area (TPSA) is 63.2 Å². The second-order valence-electron chi connectivity index (χ2n) is 4.20. The van der Waals surface area contributed by atoms with Gasteiger partial charge in [0, 0.05) is 6.04 Å². The number of hydrogen-bond acceptors (Lipinski definition) is 4. The molecule has 1 fully saturated rings. The Labute approximate surface area is 105 Å². The normalized spacial score (nSPS) is 22.5. The van der Waals surface area contributed by atoms with E-state index in [1.54, 1.807) is 0 Å². The molecule has 1 amide bonds. The number of rotatable bonds is 3. The van der Waals surface area contributed by atoms with Gasteiger partial charge in [0.25, 0.3) is 5.91 Å². The highest BCUT2D eigenvalue weighted by Crippen LogP contribution is 2.18. The molecule has 0 spiro atoms. The minimum absolute atomic E-state index is 0.0750. The summed E-state index contributed by atoms with van der Waals surface area (Å²) in [5, 5.41) is 4.69. The summed E-state index contributed by atoms with van der Waals surface area (Å²) in [7, 11) is -2.94. The zero-order valence-corrected chi connectivity index (χ0v) is 11.2. The van der Waals surface area contributed by atoms with Crippen LogP contribution in [0.15, 0.2) is 11.4 Å². The second-order valence-corrected chi connectivity index (χ2v) is 7.35. The molecule has 1 aromatic rings. The van der Waals surface area contributed by atoms with Gasteiger partial charge in [0.05, 0.1) is 16.4 Å². The van der Waals surface area contributed by atoms with Crippen molar-refractivity contribution in [2.24, 2.45) is 0 Å². The summed E-state index contributed by atoms with van der Waals surface area (Å²) in [6.45, 7) is 2.00. The molecule has 1 aliphatic rings. The number of nitrogens with one attached hydrogen (secondary N) is 1. The number of thiophene rings is 1. The summed E-state index contributed by atoms with van der Waals surface area (Å²) in [5.74, 6) is 0.119. The van der Waals surface area contributed by atoms with Gasteiger partial charge in [-0.15, -0.1) is 11.3 Å². The van der Waals surface area contributed by atoms with Gasteiger partial charge < -0.3 is 5.32 Å². The van der Waals surface area contributed by atoms with E-state index in [0.29, 0.717) is 11.3 Å². The maximum Gasteiger partial charge on any atom is 0.261 e. The Balaban J connectivity index is 2.03. The monoisotopic (exact) mass is 273 g/mol. The van der Waals surface area contributed by atoms with Gasteiger partial charge in [0.2, 0.25) is 0 Å². The zero-order chi connectivity index (χ0) is 12.5. The summed E-state index contributed by atoms with van der Waals surface area (Å²) in [4.78, 5) is 12.7. The third-order valence-electron chi connectivity index (χ3n) is 2.90. The molecule has 2 rings (SSSR count). The maximum atomic E-state index is 12.0. The third kappa shape index (κ3) is 2.87. The van der Waals surface area contributed by atoms with E-state index in [2.05, 4.69) is 5.32 Å². The van der Waals surface area contributed by atoms with Crippen molar-refractivity contribution in [2.75, 3.05) is 11.5 Å². The van der Waals surface area contributed by atoms with Crippen molar-refractivity contribution in [3.8, 4) is 0 Å². The summed E-state index contributed by atoms with van der Waals surface area (Å²) in [6, 6.07) is 1.71. The van der Waals surface area contributed by atoms with Crippen molar-refractivity contribution < 1.29 is 13.2 Å². The lowest BCUT2D eigenvalue weighted by molar-refractivity contribution is 0.0944. The van der Waals surface area contributed by atoms with Crippen molar-refractivity contribution in [2.45, 2.75) is 25.8 Å². The van der Waals surface area contributed by atoms with Crippen LogP contribution in [0.4, 0.5) is 0 Å². The molecule has 6 heteroatoms. The second kappa shape index (κ2) is 4.78. The Bertz CT molecular complexity index is 519. The van der Waals surface area contributed by atoms with Crippen LogP contribution in [0.25, 0.3) is 0 Å². The highest BCUT2D eigenvalue weighted by Gasteiger charge is 2.29. The maximum absolute atomic E-state index is 12.0. The highest BCUT2D eigenvalue weighted by atomic mass is 32.2. The van der Waals surface area contributed by atoms with Crippen LogP contribution >= 0.6 is 11.3 Å². The molecule has 1 saturated heterocycles. The molecule has 94 valence electrons. The third-order valence-corrected chi connectivity index (χ3v) is 5.62. The Morgan fingerprint density at radius 1 is 1.59 bits per heavy atom. The summed E-state index contributed by atoms with van der Waals surface area (Å²) >= 11 is 1.40. The van der Waals surface area contributed by atoms with E-state index < -0.39 is 9.84 Å². The lowest BCUT2D eigenvalue weighted by Gasteiger charge is -2.10. The first-order chi connectivity index (χ1) is 8.02. The SMILES string of the molecule is CCc1ccsc1C(=O)N[C@@H]1CCS(=O)(=O)C1. The molecule has 0 bridgehead atoms. The molecule has 1 N–H and O–H groups in total. The fourth-order valence-electron chi connectivity index (χ4n) is 1.97. The molecule has 1 atom stereocenters. The van der Waals surface area contributed by atoms with E-state index in [0.717, 1.165) is 12.0 Å². The predicted molar refractivity (Wildman–Crippen MR) is 68.2 cm³/mol. The average molecular weight is 273 g/mol. The van der Waals surface area contributed by atoms with Crippen LogP contribution in [-0.4, -0.2) is 31.9 Å². The number of hydrogen-bond donors (Lipinski definition) is 1. The van der Waals surface area contributed by atoms with E-state index in [9.17, 15) is 13.2 Å². The van der Waals surface area contributed by atoms with E-state index in [4.69, 9.17) is 0 Å². The molecule has 4 nitrogen and oxygen atoms in total. The summed E-state index contributed by atoms with van der Waals surface area (Å²) in [5.41, 5.74) is 1.02. The molecule has 0 radical (unpaired) electrons. The lowest BCUT2D eigenvalue weighted by Crippen LogP contribution is -2.35. The average Bonchev–Trinajstić information content (AvgIpc) is 2.84. The lowest BCUT2D eigenvalue weighted by atomic mass is 10.2. The van der Waals surface area contributed by atoms with Crippen molar-refractivity contribution in [1.82, 2.24) is 5.32 Å². The van der Waals surface area contributed by atoms with Crippen molar-refractivity contribution in [1.29, 1.82) is 0 Å². The van der Waals surface area contributed by atoms with Crippen LogP contribution in [0.3, 0.4) is 0 Å². The fourth-order valence-corrected chi connectivity index (χ4v) is 4.54. The Morgan fingerprint density at radius 3 is 2.94 bits per heavy atom. The van der Waals surface area contributed by atoms with Gasteiger partial charge >= 0.3 is 0 Å². The minimum atomic E-state index is -2.94. The number of sulfone groups is 1. The fraction of sp³-hybridized carbons (Fsp3) is 0.545. The molecular weight excluding hydrogens is 258 g/mol. The van der Waals surface area contributed by atoms with Crippen LogP contribution < -0.4 is 5.32 Å². The first kappa shape index (κ1) is 12.6. The molecule has 2 heterocycles. The molecule has 17 heavy (non-hydrogen) atoms. The Kier molecular flexibility index (Phi) is 3.53. The van der Waals surface area contributed by atoms with Crippen LogP contribution in [0.2, 0.25) is 0 Å². The molecule has 0 unspecified atom stereocenters. The minimum Gasteiger partial charge on any atom is -0.348 e. The van der Waals surface area contributed by atoms with E-state index in [1.165, 1.54) is 11.3 Å². The van der Waals surface area contributed by atoms with Gasteiger partial charge in [-0.25, -0.2) is 8.42 Å². The standard InChI is InChI=1S/C11H15NO3S2/c1-2-8-3-5-16-10(8)11(13)12-9-4-6-17(14,15)7-9/h3,5,9H,2,4,6-7H2,1H3,(H,12,13)/t9-/m1/s1. The summed E-state index contributed by atoms with van der Waals surface area (Å²) in [6.07, 6.45) is 1.34. The van der Waals surface area contributed by atoms with Gasteiger partial charge in [0.1, 0.15) is 0 Å². The number of aryl methyl sites for hydroxylation is 1. The predicted octanol–water partition coefficient (Wildman–Crippen LogP) is 1.23. The van der Waals surface area contributed by atoms with Gasteiger partial charge in [-0.3, -0.25) is 4.79 Å². The van der Waals surface area contributed by atoms with Crippen molar-refractivity contribution in [3.05, 3.63) is 21.9 Å². The first-order valence-electron chi connectivity index (χ1n) is 5.59. The number of amides is 1. The molecule has 0 aliphatic carbocycles. The molecule has 0 saturated carbocycles. The summed E-state index contributed by atoms with van der Waals surface area (Å²) < 4.78 is 22.6. The van der Waals surface area contributed by atoms with Crippen LogP contribution in [0, 0.1) is 0 Å². The molecule has 0 aromatic carbocycles. The smallest absolute Gasteiger partial charge is 0.261 e. The van der Waals surface area contributed by atoms with Crippen molar-refractivity contribution >= 4 is 27.1 Å². The number of carbonyl (C=O) groups excluding carboxylic acids is 1. The van der Waals surface area contributed by atoms with Gasteiger partial charge in [-0.05, 0) is 29.9 Å². The van der Waals surface area contributed by atoms with Crippen LogP contribution in [0.5, 0.6) is 0 Å².